The van der Waals surface area contributed by atoms with E-state index in [1.807, 2.05) is 6.92 Å². The summed E-state index contributed by atoms with van der Waals surface area (Å²) < 4.78 is 18.2. The Balaban J connectivity index is 3.03. The molecule has 72 valence electrons. The van der Waals surface area contributed by atoms with E-state index in [4.69, 9.17) is 4.74 Å². The third-order valence-electron chi connectivity index (χ3n) is 1.90. The van der Waals surface area contributed by atoms with E-state index in [-0.39, 0.29) is 5.82 Å². The normalized spacial score (nSPS) is 10.5. The Morgan fingerprint density at radius 3 is 2.62 bits per heavy atom. The number of rotatable bonds is 3. The lowest BCUT2D eigenvalue weighted by Crippen LogP contribution is -1.98. The fourth-order valence-electron chi connectivity index (χ4n) is 1.27. The number of halogens is 1. The first-order chi connectivity index (χ1) is 6.15. The predicted octanol–water partition coefficient (Wildman–Crippen LogP) is 3.35. The molecule has 0 saturated heterocycles. The Labute approximate surface area is 78.5 Å². The molecule has 0 saturated carbocycles. The maximum absolute atomic E-state index is 12.9. The van der Waals surface area contributed by atoms with Gasteiger partial charge in [0.15, 0.2) is 0 Å². The SMILES string of the molecule is CCOc1cc(F)ccc1C(C)C. The van der Waals surface area contributed by atoms with Gasteiger partial charge in [0.2, 0.25) is 0 Å². The summed E-state index contributed by atoms with van der Waals surface area (Å²) in [5.41, 5.74) is 1.06. The average Bonchev–Trinajstić information content (AvgIpc) is 2.04. The van der Waals surface area contributed by atoms with Gasteiger partial charge in [-0.3, -0.25) is 0 Å². The van der Waals surface area contributed by atoms with Crippen LogP contribution in [0.4, 0.5) is 4.39 Å². The number of ether oxygens (including phenoxy) is 1. The summed E-state index contributed by atoms with van der Waals surface area (Å²) in [6.07, 6.45) is 0. The average molecular weight is 182 g/mol. The first kappa shape index (κ1) is 10.0. The molecule has 0 aromatic heterocycles. The van der Waals surface area contributed by atoms with E-state index in [1.165, 1.54) is 12.1 Å². The molecule has 0 bridgehead atoms. The van der Waals surface area contributed by atoms with E-state index in [2.05, 4.69) is 13.8 Å². The second kappa shape index (κ2) is 4.26. The van der Waals surface area contributed by atoms with Crippen LogP contribution in [0.2, 0.25) is 0 Å². The maximum atomic E-state index is 12.9. The molecule has 0 aliphatic rings. The molecule has 0 radical (unpaired) electrons. The van der Waals surface area contributed by atoms with Gasteiger partial charge in [-0.1, -0.05) is 19.9 Å². The van der Waals surface area contributed by atoms with Crippen molar-refractivity contribution in [2.24, 2.45) is 0 Å². The minimum absolute atomic E-state index is 0.243. The Kier molecular flexibility index (Phi) is 3.29. The van der Waals surface area contributed by atoms with Gasteiger partial charge in [0.1, 0.15) is 11.6 Å². The van der Waals surface area contributed by atoms with Crippen LogP contribution in [0, 0.1) is 5.82 Å². The topological polar surface area (TPSA) is 9.23 Å². The van der Waals surface area contributed by atoms with Crippen LogP contribution >= 0.6 is 0 Å². The van der Waals surface area contributed by atoms with Gasteiger partial charge in [-0.15, -0.1) is 0 Å². The van der Waals surface area contributed by atoms with Gasteiger partial charge in [-0.25, -0.2) is 4.39 Å². The number of hydrogen-bond donors (Lipinski definition) is 0. The minimum Gasteiger partial charge on any atom is -0.493 e. The second-order valence-corrected chi connectivity index (χ2v) is 3.27. The van der Waals surface area contributed by atoms with Crippen molar-refractivity contribution in [3.8, 4) is 5.75 Å². The summed E-state index contributed by atoms with van der Waals surface area (Å²) in [4.78, 5) is 0. The van der Waals surface area contributed by atoms with Crippen LogP contribution in [0.1, 0.15) is 32.3 Å². The highest BCUT2D eigenvalue weighted by Crippen LogP contribution is 2.26. The van der Waals surface area contributed by atoms with Crippen molar-refractivity contribution in [3.05, 3.63) is 29.6 Å². The van der Waals surface area contributed by atoms with E-state index < -0.39 is 0 Å². The number of benzene rings is 1. The van der Waals surface area contributed by atoms with Gasteiger partial charge >= 0.3 is 0 Å². The summed E-state index contributed by atoms with van der Waals surface area (Å²) >= 11 is 0. The first-order valence-electron chi connectivity index (χ1n) is 4.57. The largest absolute Gasteiger partial charge is 0.493 e. The van der Waals surface area contributed by atoms with Crippen molar-refractivity contribution >= 4 is 0 Å². The smallest absolute Gasteiger partial charge is 0.126 e. The molecular weight excluding hydrogens is 167 g/mol. The van der Waals surface area contributed by atoms with Crippen LogP contribution in [0.25, 0.3) is 0 Å². The van der Waals surface area contributed by atoms with E-state index in [9.17, 15) is 4.39 Å². The Morgan fingerprint density at radius 1 is 1.38 bits per heavy atom. The molecule has 0 aliphatic heterocycles. The lowest BCUT2D eigenvalue weighted by Gasteiger charge is -2.12. The molecule has 0 heterocycles. The van der Waals surface area contributed by atoms with E-state index >= 15 is 0 Å². The number of hydrogen-bond acceptors (Lipinski definition) is 1. The highest BCUT2D eigenvalue weighted by Gasteiger charge is 2.07. The van der Waals surface area contributed by atoms with Gasteiger partial charge in [0.05, 0.1) is 6.61 Å². The molecule has 1 aromatic rings. The quantitative estimate of drug-likeness (QED) is 0.696. The standard InChI is InChI=1S/C11H15FO/c1-4-13-11-7-9(12)5-6-10(11)8(2)3/h5-8H,4H2,1-3H3. The van der Waals surface area contributed by atoms with Gasteiger partial charge in [-0.2, -0.15) is 0 Å². The fraction of sp³-hybridized carbons (Fsp3) is 0.455. The molecule has 0 amide bonds. The molecule has 13 heavy (non-hydrogen) atoms. The minimum atomic E-state index is -0.243. The van der Waals surface area contributed by atoms with E-state index in [0.29, 0.717) is 18.3 Å². The molecule has 0 N–H and O–H groups in total. The summed E-state index contributed by atoms with van der Waals surface area (Å²) in [6, 6.07) is 4.70. The Hall–Kier alpha value is -1.05. The lowest BCUT2D eigenvalue weighted by molar-refractivity contribution is 0.333. The molecule has 1 aromatic carbocycles. The molecule has 1 rings (SSSR count). The van der Waals surface area contributed by atoms with Crippen molar-refractivity contribution in [1.82, 2.24) is 0 Å². The van der Waals surface area contributed by atoms with Crippen molar-refractivity contribution in [1.29, 1.82) is 0 Å². The van der Waals surface area contributed by atoms with Gasteiger partial charge in [0, 0.05) is 6.07 Å². The lowest BCUT2D eigenvalue weighted by atomic mass is 10.0. The van der Waals surface area contributed by atoms with Crippen molar-refractivity contribution < 1.29 is 9.13 Å². The summed E-state index contributed by atoms with van der Waals surface area (Å²) in [5, 5.41) is 0. The molecule has 2 heteroatoms. The van der Waals surface area contributed by atoms with Crippen LogP contribution < -0.4 is 4.74 Å². The van der Waals surface area contributed by atoms with Crippen LogP contribution in [-0.2, 0) is 0 Å². The van der Waals surface area contributed by atoms with Crippen molar-refractivity contribution in [3.63, 3.8) is 0 Å². The molecule has 0 unspecified atom stereocenters. The van der Waals surface area contributed by atoms with Crippen molar-refractivity contribution in [2.45, 2.75) is 26.7 Å². The van der Waals surface area contributed by atoms with Gasteiger partial charge in [-0.05, 0) is 24.5 Å². The summed E-state index contributed by atoms with van der Waals surface area (Å²) in [6.45, 7) is 6.60. The second-order valence-electron chi connectivity index (χ2n) is 3.27. The molecule has 1 nitrogen and oxygen atoms in total. The van der Waals surface area contributed by atoms with E-state index in [0.717, 1.165) is 5.56 Å². The molecule has 0 aliphatic carbocycles. The van der Waals surface area contributed by atoms with Crippen LogP contribution in [0.5, 0.6) is 5.75 Å². The van der Waals surface area contributed by atoms with E-state index in [1.54, 1.807) is 6.07 Å². The highest BCUT2D eigenvalue weighted by molar-refractivity contribution is 5.36. The van der Waals surface area contributed by atoms with Gasteiger partial charge in [0.25, 0.3) is 0 Å². The predicted molar refractivity (Wildman–Crippen MR) is 51.7 cm³/mol. The highest BCUT2D eigenvalue weighted by atomic mass is 19.1. The van der Waals surface area contributed by atoms with Crippen LogP contribution in [-0.4, -0.2) is 6.61 Å². The van der Waals surface area contributed by atoms with Crippen LogP contribution in [0.15, 0.2) is 18.2 Å². The molecular formula is C11H15FO. The summed E-state index contributed by atoms with van der Waals surface area (Å²) in [7, 11) is 0. The Bertz CT molecular complexity index is 281. The molecule has 0 spiro atoms. The maximum Gasteiger partial charge on any atom is 0.126 e. The summed E-state index contributed by atoms with van der Waals surface area (Å²) in [5.74, 6) is 0.785. The van der Waals surface area contributed by atoms with Gasteiger partial charge < -0.3 is 4.74 Å². The zero-order chi connectivity index (χ0) is 9.84. The molecule has 0 atom stereocenters. The zero-order valence-electron chi connectivity index (χ0n) is 8.30. The fourth-order valence-corrected chi connectivity index (χ4v) is 1.27. The monoisotopic (exact) mass is 182 g/mol. The zero-order valence-corrected chi connectivity index (χ0v) is 8.30. The first-order valence-corrected chi connectivity index (χ1v) is 4.57. The third kappa shape index (κ3) is 2.44. The van der Waals surface area contributed by atoms with Crippen molar-refractivity contribution in [2.75, 3.05) is 6.61 Å². The Morgan fingerprint density at radius 2 is 2.08 bits per heavy atom. The third-order valence-corrected chi connectivity index (χ3v) is 1.90. The van der Waals surface area contributed by atoms with Crippen LogP contribution in [0.3, 0.4) is 0 Å². The molecule has 0 fully saturated rings.